The molecular formula is C16H13N3O4S. The summed E-state index contributed by atoms with van der Waals surface area (Å²) in [4.78, 5) is 11.4. The van der Waals surface area contributed by atoms with Gasteiger partial charge in [0.05, 0.1) is 17.3 Å². The summed E-state index contributed by atoms with van der Waals surface area (Å²) >= 11 is 0. The summed E-state index contributed by atoms with van der Waals surface area (Å²) in [5.41, 5.74) is 1.44. The van der Waals surface area contributed by atoms with Crippen molar-refractivity contribution < 1.29 is 17.9 Å². The Labute approximate surface area is 139 Å². The third-order valence-electron chi connectivity index (χ3n) is 3.41. The van der Waals surface area contributed by atoms with Crippen molar-refractivity contribution in [2.24, 2.45) is 0 Å². The van der Waals surface area contributed by atoms with Crippen LogP contribution >= 0.6 is 0 Å². The summed E-state index contributed by atoms with van der Waals surface area (Å²) in [7, 11) is -3.94. The van der Waals surface area contributed by atoms with Crippen molar-refractivity contribution in [2.45, 2.75) is 6.61 Å². The normalized spacial score (nSPS) is 15.6. The van der Waals surface area contributed by atoms with Crippen LogP contribution in [0.4, 0.5) is 5.69 Å². The van der Waals surface area contributed by atoms with Gasteiger partial charge in [0.15, 0.2) is 0 Å². The third-order valence-corrected chi connectivity index (χ3v) is 4.81. The molecule has 1 fully saturated rings. The molecule has 1 saturated heterocycles. The molecule has 2 aromatic rings. The average molecular weight is 343 g/mol. The summed E-state index contributed by atoms with van der Waals surface area (Å²) < 4.78 is 32.6. The first-order chi connectivity index (χ1) is 11.5. The molecule has 0 atom stereocenters. The maximum atomic E-state index is 12.0. The van der Waals surface area contributed by atoms with Crippen LogP contribution in [-0.4, -0.2) is 20.9 Å². The Kier molecular flexibility index (Phi) is 4.10. The topological polar surface area (TPSA) is 99.5 Å². The SMILES string of the molecule is N#Cc1ccc(N2CC(=O)NS2(=O)=O)c(OCc2ccccc2)c1. The van der Waals surface area contributed by atoms with Crippen LogP contribution in [0.25, 0.3) is 0 Å². The number of nitrogens with one attached hydrogen (secondary N) is 1. The molecule has 1 aliphatic rings. The fourth-order valence-electron chi connectivity index (χ4n) is 2.30. The molecule has 0 unspecified atom stereocenters. The zero-order chi connectivity index (χ0) is 17.2. The summed E-state index contributed by atoms with van der Waals surface area (Å²) in [6.45, 7) is -0.117. The Morgan fingerprint density at radius 1 is 1.21 bits per heavy atom. The van der Waals surface area contributed by atoms with Crippen LogP contribution in [0.1, 0.15) is 11.1 Å². The molecule has 122 valence electrons. The third kappa shape index (κ3) is 3.16. The van der Waals surface area contributed by atoms with E-state index in [1.807, 2.05) is 41.1 Å². The maximum absolute atomic E-state index is 12.0. The summed E-state index contributed by atoms with van der Waals surface area (Å²) in [5.74, 6) is -0.397. The number of amides is 1. The molecule has 2 aromatic carbocycles. The number of ether oxygens (including phenoxy) is 1. The van der Waals surface area contributed by atoms with Gasteiger partial charge in [-0.2, -0.15) is 13.7 Å². The molecule has 1 amide bonds. The number of nitrogens with zero attached hydrogens (tertiary/aromatic N) is 2. The molecule has 0 saturated carbocycles. The number of nitriles is 1. The van der Waals surface area contributed by atoms with Gasteiger partial charge in [0.1, 0.15) is 18.9 Å². The molecule has 0 spiro atoms. The lowest BCUT2D eigenvalue weighted by Gasteiger charge is -2.19. The highest BCUT2D eigenvalue weighted by Crippen LogP contribution is 2.33. The molecular weight excluding hydrogens is 330 g/mol. The van der Waals surface area contributed by atoms with Gasteiger partial charge < -0.3 is 4.74 Å². The zero-order valence-electron chi connectivity index (χ0n) is 12.5. The minimum absolute atomic E-state index is 0.206. The van der Waals surface area contributed by atoms with E-state index in [4.69, 9.17) is 10.00 Å². The van der Waals surface area contributed by atoms with Gasteiger partial charge >= 0.3 is 10.2 Å². The Morgan fingerprint density at radius 3 is 2.58 bits per heavy atom. The first kappa shape index (κ1) is 15.8. The van der Waals surface area contributed by atoms with Gasteiger partial charge in [-0.15, -0.1) is 0 Å². The molecule has 1 N–H and O–H groups in total. The fraction of sp³-hybridized carbons (Fsp3) is 0.125. The second-order valence-corrected chi connectivity index (χ2v) is 6.70. The number of carbonyl (C=O) groups excluding carboxylic acids is 1. The lowest BCUT2D eigenvalue weighted by Crippen LogP contribution is -2.29. The van der Waals surface area contributed by atoms with Gasteiger partial charge in [-0.3, -0.25) is 4.79 Å². The van der Waals surface area contributed by atoms with E-state index in [9.17, 15) is 13.2 Å². The van der Waals surface area contributed by atoms with E-state index in [-0.39, 0.29) is 24.6 Å². The molecule has 1 aliphatic heterocycles. The van der Waals surface area contributed by atoms with Gasteiger partial charge in [0.25, 0.3) is 5.91 Å². The molecule has 24 heavy (non-hydrogen) atoms. The van der Waals surface area contributed by atoms with Crippen LogP contribution in [0, 0.1) is 11.3 Å². The standard InChI is InChI=1S/C16H13N3O4S/c17-9-13-6-7-14(19-10-16(20)18-24(19,21)22)15(8-13)23-11-12-4-2-1-3-5-12/h1-8H,10-11H2,(H,18,20). The van der Waals surface area contributed by atoms with Crippen LogP contribution in [0.5, 0.6) is 5.75 Å². The summed E-state index contributed by atoms with van der Waals surface area (Å²) in [6.07, 6.45) is 0. The fourth-order valence-corrected chi connectivity index (χ4v) is 3.46. The first-order valence-corrected chi connectivity index (χ1v) is 8.48. The minimum atomic E-state index is -3.94. The Hall–Kier alpha value is -3.05. The van der Waals surface area contributed by atoms with Crippen molar-refractivity contribution in [2.75, 3.05) is 10.8 Å². The first-order valence-electron chi connectivity index (χ1n) is 7.04. The molecule has 8 heteroatoms. The highest BCUT2D eigenvalue weighted by atomic mass is 32.2. The van der Waals surface area contributed by atoms with E-state index in [0.717, 1.165) is 9.87 Å². The van der Waals surface area contributed by atoms with E-state index in [0.29, 0.717) is 5.56 Å². The van der Waals surface area contributed by atoms with Crippen molar-refractivity contribution in [3.8, 4) is 11.8 Å². The second-order valence-electron chi connectivity index (χ2n) is 5.11. The number of carbonyl (C=O) groups is 1. The van der Waals surface area contributed by atoms with Crippen molar-refractivity contribution >= 4 is 21.8 Å². The van der Waals surface area contributed by atoms with E-state index in [1.54, 1.807) is 0 Å². The van der Waals surface area contributed by atoms with Gasteiger partial charge in [0.2, 0.25) is 0 Å². The predicted molar refractivity (Wildman–Crippen MR) is 86.3 cm³/mol. The number of hydrogen-bond donors (Lipinski definition) is 1. The van der Waals surface area contributed by atoms with Crippen LogP contribution in [0.2, 0.25) is 0 Å². The van der Waals surface area contributed by atoms with E-state index < -0.39 is 16.1 Å². The van der Waals surface area contributed by atoms with E-state index in [1.165, 1.54) is 18.2 Å². The lowest BCUT2D eigenvalue weighted by atomic mass is 10.2. The number of benzene rings is 2. The van der Waals surface area contributed by atoms with Crippen LogP contribution in [-0.2, 0) is 21.6 Å². The summed E-state index contributed by atoms with van der Waals surface area (Å²) in [5, 5.41) is 9.04. The smallest absolute Gasteiger partial charge is 0.326 e. The molecule has 7 nitrogen and oxygen atoms in total. The number of anilines is 1. The molecule has 0 aromatic heterocycles. The van der Waals surface area contributed by atoms with Gasteiger partial charge in [0, 0.05) is 6.07 Å². The Balaban J connectivity index is 1.95. The number of rotatable bonds is 4. The molecule has 0 aliphatic carbocycles. The lowest BCUT2D eigenvalue weighted by molar-refractivity contribution is -0.117. The Morgan fingerprint density at radius 2 is 1.96 bits per heavy atom. The minimum Gasteiger partial charge on any atom is -0.487 e. The quantitative estimate of drug-likeness (QED) is 0.902. The van der Waals surface area contributed by atoms with Crippen molar-refractivity contribution in [3.05, 3.63) is 59.7 Å². The van der Waals surface area contributed by atoms with Crippen molar-refractivity contribution in [3.63, 3.8) is 0 Å². The second kappa shape index (κ2) is 6.22. The monoisotopic (exact) mass is 343 g/mol. The summed E-state index contributed by atoms with van der Waals surface area (Å²) in [6, 6.07) is 15.7. The number of hydrogen-bond acceptors (Lipinski definition) is 5. The van der Waals surface area contributed by atoms with Gasteiger partial charge in [-0.1, -0.05) is 30.3 Å². The molecule has 1 heterocycles. The van der Waals surface area contributed by atoms with E-state index >= 15 is 0 Å². The highest BCUT2D eigenvalue weighted by molar-refractivity contribution is 7.92. The largest absolute Gasteiger partial charge is 0.487 e. The predicted octanol–water partition coefficient (Wildman–Crippen LogP) is 1.32. The van der Waals surface area contributed by atoms with Gasteiger partial charge in [-0.05, 0) is 17.7 Å². The Bertz CT molecular complexity index is 920. The van der Waals surface area contributed by atoms with E-state index in [2.05, 4.69) is 0 Å². The van der Waals surface area contributed by atoms with Crippen LogP contribution in [0.15, 0.2) is 48.5 Å². The van der Waals surface area contributed by atoms with Crippen LogP contribution in [0.3, 0.4) is 0 Å². The van der Waals surface area contributed by atoms with Gasteiger partial charge in [-0.25, -0.2) is 9.03 Å². The van der Waals surface area contributed by atoms with Crippen molar-refractivity contribution in [1.82, 2.24) is 4.72 Å². The highest BCUT2D eigenvalue weighted by Gasteiger charge is 2.35. The molecule has 3 rings (SSSR count). The maximum Gasteiger partial charge on any atom is 0.326 e. The van der Waals surface area contributed by atoms with Crippen LogP contribution < -0.4 is 13.8 Å². The molecule has 0 bridgehead atoms. The zero-order valence-corrected chi connectivity index (χ0v) is 13.3. The molecule has 0 radical (unpaired) electrons. The average Bonchev–Trinajstić information content (AvgIpc) is 2.85. The van der Waals surface area contributed by atoms with Crippen molar-refractivity contribution in [1.29, 1.82) is 5.26 Å².